The molecule has 1 aliphatic heterocycles. The minimum absolute atomic E-state index is 0.175. The number of benzene rings is 2. The molecule has 110 valence electrons. The number of sulfone groups is 1. The van der Waals surface area contributed by atoms with E-state index in [1.54, 1.807) is 6.07 Å². The van der Waals surface area contributed by atoms with Crippen LogP contribution in [0, 0.1) is 0 Å². The normalized spacial score (nSPS) is 24.0. The van der Waals surface area contributed by atoms with Crippen LogP contribution in [0.1, 0.15) is 43.2 Å². The summed E-state index contributed by atoms with van der Waals surface area (Å²) in [6.07, 6.45) is 2.30. The second kappa shape index (κ2) is 5.64. The lowest BCUT2D eigenvalue weighted by molar-refractivity contribution is 0.562. The molecule has 2 atom stereocenters. The summed E-state index contributed by atoms with van der Waals surface area (Å²) in [6.45, 7) is 1.97. The summed E-state index contributed by atoms with van der Waals surface area (Å²) < 4.78 is 25.7. The number of fused-ring (bicyclic) bond motifs is 1. The monoisotopic (exact) mass is 300 g/mol. The highest BCUT2D eigenvalue weighted by atomic mass is 32.2. The molecule has 1 aliphatic rings. The summed E-state index contributed by atoms with van der Waals surface area (Å²) in [5.74, 6) is 0.175. The van der Waals surface area contributed by atoms with Gasteiger partial charge < -0.3 is 0 Å². The molecular formula is C18H20O2S. The molecule has 2 nitrogen and oxygen atoms in total. The van der Waals surface area contributed by atoms with Gasteiger partial charge in [-0.25, -0.2) is 8.42 Å². The molecule has 0 aliphatic carbocycles. The Bertz CT molecular complexity index is 720. The Kier molecular flexibility index (Phi) is 3.85. The van der Waals surface area contributed by atoms with Gasteiger partial charge in [0.1, 0.15) is 0 Å². The van der Waals surface area contributed by atoms with Crippen LogP contribution in [0.3, 0.4) is 0 Å². The van der Waals surface area contributed by atoms with E-state index in [-0.39, 0.29) is 11.2 Å². The van der Waals surface area contributed by atoms with Crippen LogP contribution in [0.5, 0.6) is 0 Å². The van der Waals surface area contributed by atoms with Gasteiger partial charge >= 0.3 is 0 Å². The van der Waals surface area contributed by atoms with Crippen LogP contribution in [-0.2, 0) is 9.84 Å². The largest absolute Gasteiger partial charge is 0.223 e. The van der Waals surface area contributed by atoms with E-state index < -0.39 is 9.84 Å². The average Bonchev–Trinajstić information content (AvgIpc) is 2.63. The lowest BCUT2D eigenvalue weighted by Crippen LogP contribution is -2.19. The van der Waals surface area contributed by atoms with Crippen LogP contribution < -0.4 is 0 Å². The third-order valence-electron chi connectivity index (χ3n) is 4.47. The Morgan fingerprint density at radius 1 is 0.952 bits per heavy atom. The van der Waals surface area contributed by atoms with Gasteiger partial charge in [-0.05, 0) is 36.5 Å². The zero-order chi connectivity index (χ0) is 14.9. The standard InChI is InChI=1S/C18H20O2S/c1-2-15-12-13-16(14-8-4-3-5-9-14)17-10-6-7-11-18(17)21(15,19)20/h3-11,15-16H,2,12-13H2,1H3. The van der Waals surface area contributed by atoms with Gasteiger partial charge in [-0.2, -0.15) is 0 Å². The number of hydrogen-bond acceptors (Lipinski definition) is 2. The molecule has 0 saturated carbocycles. The van der Waals surface area contributed by atoms with Crippen LogP contribution in [0.4, 0.5) is 0 Å². The summed E-state index contributed by atoms with van der Waals surface area (Å²) in [4.78, 5) is 0.531. The van der Waals surface area contributed by atoms with E-state index in [1.807, 2.05) is 43.3 Å². The summed E-state index contributed by atoms with van der Waals surface area (Å²) in [7, 11) is -3.21. The molecule has 0 radical (unpaired) electrons. The Morgan fingerprint density at radius 2 is 1.62 bits per heavy atom. The second-order valence-electron chi connectivity index (χ2n) is 5.65. The van der Waals surface area contributed by atoms with Crippen LogP contribution in [0.2, 0.25) is 0 Å². The molecule has 0 fully saturated rings. The first-order valence-corrected chi connectivity index (χ1v) is 9.07. The van der Waals surface area contributed by atoms with Crippen molar-refractivity contribution in [2.24, 2.45) is 0 Å². The Balaban J connectivity index is 2.18. The minimum atomic E-state index is -3.21. The first-order valence-electron chi connectivity index (χ1n) is 7.52. The zero-order valence-electron chi connectivity index (χ0n) is 12.2. The van der Waals surface area contributed by atoms with E-state index in [9.17, 15) is 8.42 Å². The first kappa shape index (κ1) is 14.3. The van der Waals surface area contributed by atoms with Gasteiger partial charge in [0.2, 0.25) is 0 Å². The molecule has 21 heavy (non-hydrogen) atoms. The smallest absolute Gasteiger partial charge is 0.181 e. The van der Waals surface area contributed by atoms with E-state index in [0.717, 1.165) is 18.4 Å². The highest BCUT2D eigenvalue weighted by Crippen LogP contribution is 2.40. The van der Waals surface area contributed by atoms with Crippen LogP contribution in [0.15, 0.2) is 59.5 Å². The third kappa shape index (κ3) is 2.51. The highest BCUT2D eigenvalue weighted by molar-refractivity contribution is 7.92. The average molecular weight is 300 g/mol. The molecule has 2 unspecified atom stereocenters. The summed E-state index contributed by atoms with van der Waals surface area (Å²) >= 11 is 0. The topological polar surface area (TPSA) is 34.1 Å². The van der Waals surface area contributed by atoms with E-state index in [4.69, 9.17) is 0 Å². The van der Waals surface area contributed by atoms with Crippen molar-refractivity contribution in [2.45, 2.75) is 42.2 Å². The lowest BCUT2D eigenvalue weighted by Gasteiger charge is -2.17. The van der Waals surface area contributed by atoms with Crippen molar-refractivity contribution in [3.8, 4) is 0 Å². The van der Waals surface area contributed by atoms with Crippen LogP contribution in [-0.4, -0.2) is 13.7 Å². The summed E-state index contributed by atoms with van der Waals surface area (Å²) in [6, 6.07) is 17.8. The molecule has 0 saturated heterocycles. The maximum absolute atomic E-state index is 12.8. The Hall–Kier alpha value is -1.61. The third-order valence-corrected chi connectivity index (χ3v) is 6.91. The fourth-order valence-electron chi connectivity index (χ4n) is 3.33. The maximum atomic E-state index is 12.8. The highest BCUT2D eigenvalue weighted by Gasteiger charge is 2.34. The molecule has 3 rings (SSSR count). The van der Waals surface area contributed by atoms with Gasteiger partial charge in [-0.15, -0.1) is 0 Å². The Morgan fingerprint density at radius 3 is 2.33 bits per heavy atom. The molecule has 3 heteroatoms. The van der Waals surface area contributed by atoms with Gasteiger partial charge in [-0.1, -0.05) is 55.5 Å². The van der Waals surface area contributed by atoms with Crippen molar-refractivity contribution in [3.05, 3.63) is 65.7 Å². The first-order chi connectivity index (χ1) is 10.1. The fourth-order valence-corrected chi connectivity index (χ4v) is 5.38. The van der Waals surface area contributed by atoms with Gasteiger partial charge in [-0.3, -0.25) is 0 Å². The molecule has 0 bridgehead atoms. The molecule has 0 spiro atoms. The van der Waals surface area contributed by atoms with Crippen molar-refractivity contribution in [1.29, 1.82) is 0 Å². The van der Waals surface area contributed by atoms with E-state index in [0.29, 0.717) is 11.3 Å². The Labute approximate surface area is 126 Å². The van der Waals surface area contributed by atoms with Gasteiger partial charge in [0, 0.05) is 5.92 Å². The summed E-state index contributed by atoms with van der Waals surface area (Å²) in [5, 5.41) is -0.257. The lowest BCUT2D eigenvalue weighted by atomic mass is 9.87. The number of hydrogen-bond donors (Lipinski definition) is 0. The molecule has 2 aromatic rings. The minimum Gasteiger partial charge on any atom is -0.223 e. The zero-order valence-corrected chi connectivity index (χ0v) is 13.0. The van der Waals surface area contributed by atoms with E-state index in [2.05, 4.69) is 12.1 Å². The van der Waals surface area contributed by atoms with Gasteiger partial charge in [0.25, 0.3) is 0 Å². The van der Waals surface area contributed by atoms with E-state index >= 15 is 0 Å². The predicted octanol–water partition coefficient (Wildman–Crippen LogP) is 4.16. The SMILES string of the molecule is CCC1CCC(c2ccccc2)c2ccccc2S1(=O)=O. The van der Waals surface area contributed by atoms with Gasteiger partial charge in [0.05, 0.1) is 10.1 Å². The summed E-state index contributed by atoms with van der Waals surface area (Å²) in [5.41, 5.74) is 2.16. The molecule has 2 aromatic carbocycles. The van der Waals surface area contributed by atoms with Crippen molar-refractivity contribution < 1.29 is 8.42 Å². The predicted molar refractivity (Wildman–Crippen MR) is 85.2 cm³/mol. The van der Waals surface area contributed by atoms with Crippen molar-refractivity contribution >= 4 is 9.84 Å². The molecule has 0 N–H and O–H groups in total. The van der Waals surface area contributed by atoms with Gasteiger partial charge in [0.15, 0.2) is 9.84 Å². The van der Waals surface area contributed by atoms with Crippen LogP contribution in [0.25, 0.3) is 0 Å². The van der Waals surface area contributed by atoms with Crippen LogP contribution >= 0.6 is 0 Å². The van der Waals surface area contributed by atoms with Crippen molar-refractivity contribution in [2.75, 3.05) is 0 Å². The molecular weight excluding hydrogens is 280 g/mol. The van der Waals surface area contributed by atoms with Crippen molar-refractivity contribution in [3.63, 3.8) is 0 Å². The second-order valence-corrected chi connectivity index (χ2v) is 7.85. The molecule has 0 aromatic heterocycles. The quantitative estimate of drug-likeness (QED) is 0.834. The number of rotatable bonds is 2. The maximum Gasteiger partial charge on any atom is 0.181 e. The molecule has 1 heterocycles. The van der Waals surface area contributed by atoms with E-state index in [1.165, 1.54) is 5.56 Å². The van der Waals surface area contributed by atoms with Crippen molar-refractivity contribution in [1.82, 2.24) is 0 Å². The molecule has 0 amide bonds. The fraction of sp³-hybridized carbons (Fsp3) is 0.333.